The Morgan fingerprint density at radius 2 is 1.84 bits per heavy atom. The van der Waals surface area contributed by atoms with E-state index in [1.54, 1.807) is 19.1 Å². The number of nitrogens with one attached hydrogen (secondary N) is 1. The summed E-state index contributed by atoms with van der Waals surface area (Å²) >= 11 is 0. The van der Waals surface area contributed by atoms with E-state index in [1.165, 1.54) is 17.7 Å². The van der Waals surface area contributed by atoms with Crippen molar-refractivity contribution in [3.8, 4) is 5.75 Å². The van der Waals surface area contributed by atoms with Gasteiger partial charge in [0.2, 0.25) is 0 Å². The molecule has 0 radical (unpaired) electrons. The molecule has 3 fully saturated rings. The van der Waals surface area contributed by atoms with Crippen LogP contribution in [0, 0.1) is 28.6 Å². The molecule has 0 spiro atoms. The van der Waals surface area contributed by atoms with Gasteiger partial charge < -0.3 is 35.3 Å². The van der Waals surface area contributed by atoms with Crippen LogP contribution in [0.1, 0.15) is 71.3 Å². The molecule has 0 aliphatic heterocycles. The largest absolute Gasteiger partial charge is 0.508 e. The summed E-state index contributed by atoms with van der Waals surface area (Å²) in [5.74, 6) is -1.34. The number of carbonyl (C=O) groups excluding carboxylic acids is 3. The Hall–Kier alpha value is -3.28. The summed E-state index contributed by atoms with van der Waals surface area (Å²) in [6.45, 7) is 4.87. The van der Waals surface area contributed by atoms with E-state index >= 15 is 0 Å². The molecular weight excluding hydrogens is 580 g/mol. The quantitative estimate of drug-likeness (QED) is 0.193. The summed E-state index contributed by atoms with van der Waals surface area (Å²) in [6.07, 6.45) is 5.76. The van der Waals surface area contributed by atoms with Gasteiger partial charge in [-0.25, -0.2) is 4.79 Å². The lowest BCUT2D eigenvalue weighted by atomic mass is 9.45. The van der Waals surface area contributed by atoms with Gasteiger partial charge in [-0.2, -0.15) is 0 Å². The molecule has 1 amide bonds. The smallest absolute Gasteiger partial charge is 0.328 e. The van der Waals surface area contributed by atoms with E-state index < -0.39 is 47.4 Å². The highest BCUT2D eigenvalue weighted by molar-refractivity contribution is 5.96. The van der Waals surface area contributed by atoms with Gasteiger partial charge in [0.15, 0.2) is 12.4 Å². The van der Waals surface area contributed by atoms with Crippen LogP contribution < -0.4 is 5.32 Å². The minimum absolute atomic E-state index is 0.0243. The van der Waals surface area contributed by atoms with Gasteiger partial charge in [-0.15, -0.1) is 0 Å². The number of esters is 1. The third-order valence-electron chi connectivity index (χ3n) is 11.3. The van der Waals surface area contributed by atoms with Crippen LogP contribution >= 0.6 is 0 Å². The van der Waals surface area contributed by atoms with Gasteiger partial charge in [-0.1, -0.05) is 36.7 Å². The number of benzene rings is 1. The fourth-order valence-electron chi connectivity index (χ4n) is 9.08. The monoisotopic (exact) mass is 626 g/mol. The van der Waals surface area contributed by atoms with Gasteiger partial charge in [0.05, 0.1) is 18.4 Å². The maximum atomic E-state index is 12.7. The fraction of sp³-hybridized carbons (Fsp3) is 0.647. The summed E-state index contributed by atoms with van der Waals surface area (Å²) in [7, 11) is 0. The number of oxime groups is 1. The normalized spacial score (nSPS) is 35.3. The van der Waals surface area contributed by atoms with Crippen molar-refractivity contribution < 1.29 is 44.4 Å². The highest BCUT2D eigenvalue weighted by Crippen LogP contribution is 2.67. The number of carbonyl (C=O) groups is 3. The lowest BCUT2D eigenvalue weighted by Crippen LogP contribution is -2.62. The van der Waals surface area contributed by atoms with Gasteiger partial charge in [0.25, 0.3) is 5.91 Å². The SMILES string of the molecule is CCOC(=O)[C@H](Cc1ccc(O)cc1)NC(=O)CO/N=C1\C=C2CC[C@H]3[C@@H]([C@@H](O)C[C@@]4(C)[C@H]3CC[C@]4(O)C(=O)CO)[C@@]2(C)CC1. The number of phenolic OH excluding ortho intramolecular Hbond substituents is 1. The van der Waals surface area contributed by atoms with E-state index in [0.717, 1.165) is 24.8 Å². The average molecular weight is 627 g/mol. The molecule has 1 aromatic carbocycles. The molecule has 11 nitrogen and oxygen atoms in total. The Morgan fingerprint density at radius 3 is 2.53 bits per heavy atom. The Labute approximate surface area is 263 Å². The van der Waals surface area contributed by atoms with Crippen molar-refractivity contribution >= 4 is 23.4 Å². The zero-order valence-electron chi connectivity index (χ0n) is 26.3. The van der Waals surface area contributed by atoms with Gasteiger partial charge in [-0.3, -0.25) is 9.59 Å². The third kappa shape index (κ3) is 6.02. The lowest BCUT2D eigenvalue weighted by Gasteiger charge is -2.60. The molecule has 5 N–H and O–H groups in total. The Morgan fingerprint density at radius 1 is 1.11 bits per heavy atom. The molecule has 0 saturated heterocycles. The third-order valence-corrected chi connectivity index (χ3v) is 11.3. The molecule has 0 heterocycles. The molecule has 1 aromatic rings. The number of aliphatic hydroxyl groups excluding tert-OH is 2. The number of amides is 1. The predicted molar refractivity (Wildman–Crippen MR) is 164 cm³/mol. The minimum atomic E-state index is -1.62. The first-order chi connectivity index (χ1) is 21.4. The first-order valence-electron chi connectivity index (χ1n) is 16.0. The summed E-state index contributed by atoms with van der Waals surface area (Å²) in [5.41, 5.74) is -0.0411. The minimum Gasteiger partial charge on any atom is -0.508 e. The van der Waals surface area contributed by atoms with E-state index in [0.29, 0.717) is 31.4 Å². The van der Waals surface area contributed by atoms with Crippen LogP contribution in [0.5, 0.6) is 5.75 Å². The van der Waals surface area contributed by atoms with Crippen molar-refractivity contribution in [3.05, 3.63) is 41.5 Å². The highest BCUT2D eigenvalue weighted by Gasteiger charge is 2.68. The van der Waals surface area contributed by atoms with Crippen LogP contribution in [0.4, 0.5) is 0 Å². The number of aromatic hydroxyl groups is 1. The molecule has 4 aliphatic carbocycles. The molecule has 246 valence electrons. The Kier molecular flexibility index (Phi) is 9.45. The summed E-state index contributed by atoms with van der Waals surface area (Å²) in [5, 5.41) is 49.0. The zero-order chi connectivity index (χ0) is 32.6. The van der Waals surface area contributed by atoms with E-state index in [1.807, 2.05) is 13.0 Å². The van der Waals surface area contributed by atoms with Crippen molar-refractivity contribution in [1.82, 2.24) is 5.32 Å². The molecule has 8 atom stereocenters. The fourth-order valence-corrected chi connectivity index (χ4v) is 9.08. The van der Waals surface area contributed by atoms with Crippen LogP contribution in [-0.4, -0.2) is 81.4 Å². The van der Waals surface area contributed by atoms with E-state index in [9.17, 15) is 34.8 Å². The zero-order valence-corrected chi connectivity index (χ0v) is 26.3. The Balaban J connectivity index is 1.23. The molecule has 0 aromatic heterocycles. The summed E-state index contributed by atoms with van der Waals surface area (Å²) in [4.78, 5) is 43.3. The standard InChI is InChI=1S/C34H46N2O9/c1-4-44-31(42)26(15-20-5-8-23(38)9-6-20)35-29(41)19-45-36-22-11-13-32(2)21(16-22)7-10-24-25-12-14-34(43,28(40)18-37)33(25,3)17-27(39)30(24)32/h5-6,8-9,16,24-27,30,37-39,43H,4,7,10-15,17-19H2,1-3H3,(H,35,41)/b36-22-/t24-,25+,26+,27+,30+,32+,33+,34+/m1/s1. The molecule has 45 heavy (non-hydrogen) atoms. The van der Waals surface area contributed by atoms with E-state index in [-0.39, 0.29) is 48.6 Å². The maximum absolute atomic E-state index is 12.7. The van der Waals surface area contributed by atoms with Crippen molar-refractivity contribution in [2.45, 2.75) is 89.9 Å². The Bertz CT molecular complexity index is 1360. The number of ketones is 1. The van der Waals surface area contributed by atoms with Crippen LogP contribution in [0.2, 0.25) is 0 Å². The van der Waals surface area contributed by atoms with E-state index in [2.05, 4.69) is 17.4 Å². The number of allylic oxidation sites excluding steroid dienone is 2. The molecule has 4 aliphatic rings. The number of aliphatic hydroxyl groups is 3. The van der Waals surface area contributed by atoms with Gasteiger partial charge in [0.1, 0.15) is 24.0 Å². The summed E-state index contributed by atoms with van der Waals surface area (Å²) < 4.78 is 5.13. The number of nitrogens with zero attached hydrogens (tertiary/aromatic N) is 1. The first-order valence-corrected chi connectivity index (χ1v) is 16.0. The lowest BCUT2D eigenvalue weighted by molar-refractivity contribution is -0.181. The molecule has 0 unspecified atom stereocenters. The number of Topliss-reactive ketones (excluding diaryl/α,β-unsaturated/α-hetero) is 1. The molecule has 11 heteroatoms. The van der Waals surface area contributed by atoms with Crippen LogP contribution in [0.25, 0.3) is 0 Å². The predicted octanol–water partition coefficient (Wildman–Crippen LogP) is 2.58. The van der Waals surface area contributed by atoms with Crippen molar-refractivity contribution in [1.29, 1.82) is 0 Å². The second kappa shape index (κ2) is 12.8. The van der Waals surface area contributed by atoms with E-state index in [4.69, 9.17) is 9.57 Å². The number of fused-ring (bicyclic) bond motifs is 5. The van der Waals surface area contributed by atoms with Crippen molar-refractivity contribution in [2.24, 2.45) is 33.7 Å². The topological polar surface area (TPSA) is 175 Å². The number of hydrogen-bond donors (Lipinski definition) is 5. The number of phenols is 1. The van der Waals surface area contributed by atoms with Crippen molar-refractivity contribution in [3.63, 3.8) is 0 Å². The van der Waals surface area contributed by atoms with Crippen LogP contribution in [0.3, 0.4) is 0 Å². The molecule has 3 saturated carbocycles. The number of hydrogen-bond acceptors (Lipinski definition) is 10. The van der Waals surface area contributed by atoms with Crippen LogP contribution in [0.15, 0.2) is 41.1 Å². The molecule has 0 bridgehead atoms. The first kappa shape index (κ1) is 33.1. The van der Waals surface area contributed by atoms with Crippen molar-refractivity contribution in [2.75, 3.05) is 19.8 Å². The second-order valence-electron chi connectivity index (χ2n) is 13.7. The molecular formula is C34H46N2O9. The maximum Gasteiger partial charge on any atom is 0.328 e. The highest BCUT2D eigenvalue weighted by atomic mass is 16.6. The average Bonchev–Trinajstić information content (AvgIpc) is 3.28. The van der Waals surface area contributed by atoms with Gasteiger partial charge in [-0.05, 0) is 98.8 Å². The van der Waals surface area contributed by atoms with Crippen LogP contribution in [-0.2, 0) is 30.4 Å². The van der Waals surface area contributed by atoms with Gasteiger partial charge >= 0.3 is 5.97 Å². The van der Waals surface area contributed by atoms with Gasteiger partial charge in [0, 0.05) is 11.8 Å². The molecule has 5 rings (SSSR count). The number of rotatable bonds is 10. The number of ether oxygens (including phenoxy) is 1. The summed E-state index contributed by atoms with van der Waals surface area (Å²) in [6, 6.07) is 5.44. The second-order valence-corrected chi connectivity index (χ2v) is 13.7.